The van der Waals surface area contributed by atoms with E-state index in [0.717, 1.165) is 33.3 Å². The van der Waals surface area contributed by atoms with Gasteiger partial charge >= 0.3 is 0 Å². The van der Waals surface area contributed by atoms with Gasteiger partial charge in [0.05, 0.1) is 12.1 Å². The van der Waals surface area contributed by atoms with Gasteiger partial charge in [-0.25, -0.2) is 4.68 Å². The minimum atomic E-state index is 0.584. The zero-order valence-electron chi connectivity index (χ0n) is 16.5. The van der Waals surface area contributed by atoms with Crippen molar-refractivity contribution in [3.05, 3.63) is 90.5 Å². The molecule has 0 aliphatic rings. The molecule has 31 heavy (non-hydrogen) atoms. The highest BCUT2D eigenvalue weighted by atomic mass is 15.5. The SMILES string of the molecule is c1ccc(-c2nn[nH]n2)c(-c2ccc(Cn3nnc4cc5ccccc5cc43)cc2)c1. The van der Waals surface area contributed by atoms with Crippen LogP contribution in [0.5, 0.6) is 0 Å². The highest BCUT2D eigenvalue weighted by molar-refractivity contribution is 5.94. The molecule has 0 radical (unpaired) electrons. The molecule has 2 heterocycles. The van der Waals surface area contributed by atoms with Crippen molar-refractivity contribution < 1.29 is 0 Å². The predicted octanol–water partition coefficient (Wildman–Crippen LogP) is 4.48. The van der Waals surface area contributed by atoms with Crippen LogP contribution >= 0.6 is 0 Å². The van der Waals surface area contributed by atoms with E-state index < -0.39 is 0 Å². The Morgan fingerprint density at radius 2 is 1.48 bits per heavy atom. The molecule has 0 aliphatic carbocycles. The minimum absolute atomic E-state index is 0.584. The fourth-order valence-electron chi connectivity index (χ4n) is 3.94. The molecule has 7 nitrogen and oxygen atoms in total. The fraction of sp³-hybridized carbons (Fsp3) is 0.0417. The quantitative estimate of drug-likeness (QED) is 0.469. The number of rotatable bonds is 4. The van der Waals surface area contributed by atoms with Crippen LogP contribution in [0.2, 0.25) is 0 Å². The average molecular weight is 403 g/mol. The topological polar surface area (TPSA) is 85.2 Å². The molecule has 0 saturated heterocycles. The number of hydrogen-bond donors (Lipinski definition) is 1. The number of nitrogens with zero attached hydrogens (tertiary/aromatic N) is 6. The van der Waals surface area contributed by atoms with E-state index in [0.29, 0.717) is 12.4 Å². The number of benzene rings is 4. The van der Waals surface area contributed by atoms with Gasteiger partial charge < -0.3 is 0 Å². The van der Waals surface area contributed by atoms with E-state index in [2.05, 4.69) is 85.5 Å². The molecule has 2 aromatic heterocycles. The highest BCUT2D eigenvalue weighted by Crippen LogP contribution is 2.30. The molecule has 6 rings (SSSR count). The number of nitrogens with one attached hydrogen (secondary N) is 1. The molecule has 7 heteroatoms. The van der Waals surface area contributed by atoms with E-state index in [1.807, 2.05) is 35.0 Å². The van der Waals surface area contributed by atoms with Crippen LogP contribution in [0.1, 0.15) is 5.56 Å². The maximum atomic E-state index is 4.38. The van der Waals surface area contributed by atoms with Crippen molar-refractivity contribution in [3.63, 3.8) is 0 Å². The molecule has 0 amide bonds. The molecule has 0 aliphatic heterocycles. The zero-order chi connectivity index (χ0) is 20.6. The summed E-state index contributed by atoms with van der Waals surface area (Å²) in [7, 11) is 0. The predicted molar refractivity (Wildman–Crippen MR) is 119 cm³/mol. The smallest absolute Gasteiger partial charge is 0.205 e. The van der Waals surface area contributed by atoms with E-state index in [9.17, 15) is 0 Å². The van der Waals surface area contributed by atoms with Crippen LogP contribution in [-0.4, -0.2) is 35.6 Å². The summed E-state index contributed by atoms with van der Waals surface area (Å²) in [5.41, 5.74) is 6.19. The highest BCUT2D eigenvalue weighted by Gasteiger charge is 2.11. The normalized spacial score (nSPS) is 11.4. The van der Waals surface area contributed by atoms with Crippen LogP contribution in [0.15, 0.2) is 84.9 Å². The molecule has 1 N–H and O–H groups in total. The Morgan fingerprint density at radius 1 is 0.742 bits per heavy atom. The Kier molecular flexibility index (Phi) is 4.02. The number of tetrazole rings is 1. The third-order valence-electron chi connectivity index (χ3n) is 5.49. The third kappa shape index (κ3) is 3.12. The summed E-state index contributed by atoms with van der Waals surface area (Å²) in [6.45, 7) is 0.654. The van der Waals surface area contributed by atoms with Crippen LogP contribution in [0.3, 0.4) is 0 Å². The van der Waals surface area contributed by atoms with Crippen molar-refractivity contribution in [1.82, 2.24) is 35.6 Å². The molecule has 148 valence electrons. The standard InChI is InChI=1S/C24H17N7/c1-2-6-19-14-23-22(13-18(19)5-1)25-30-31(23)15-16-9-11-17(12-10-16)20-7-3-4-8-21(20)24-26-28-29-27-24/h1-14H,15H2,(H,26,27,28,29). The van der Waals surface area contributed by atoms with Gasteiger partial charge in [0, 0.05) is 5.56 Å². The average Bonchev–Trinajstić information content (AvgIpc) is 3.49. The molecule has 0 saturated carbocycles. The van der Waals surface area contributed by atoms with Crippen molar-refractivity contribution in [2.24, 2.45) is 0 Å². The first-order valence-electron chi connectivity index (χ1n) is 9.99. The lowest BCUT2D eigenvalue weighted by Gasteiger charge is -2.08. The summed E-state index contributed by atoms with van der Waals surface area (Å²) in [5, 5.41) is 25.6. The van der Waals surface area contributed by atoms with Gasteiger partial charge in [0.15, 0.2) is 0 Å². The Hall–Kier alpha value is -4.39. The molecule has 0 fully saturated rings. The van der Waals surface area contributed by atoms with Crippen LogP contribution in [0.25, 0.3) is 44.3 Å². The van der Waals surface area contributed by atoms with Crippen LogP contribution in [0, 0.1) is 0 Å². The van der Waals surface area contributed by atoms with E-state index in [1.165, 1.54) is 10.8 Å². The summed E-state index contributed by atoms with van der Waals surface area (Å²) in [6.07, 6.45) is 0. The van der Waals surface area contributed by atoms with Gasteiger partial charge in [-0.1, -0.05) is 78.0 Å². The maximum absolute atomic E-state index is 4.38. The van der Waals surface area contributed by atoms with Crippen molar-refractivity contribution in [3.8, 4) is 22.5 Å². The molecule has 4 aromatic carbocycles. The largest absolute Gasteiger partial charge is 0.240 e. The van der Waals surface area contributed by atoms with Gasteiger partial charge in [0.1, 0.15) is 5.52 Å². The molecular weight excluding hydrogens is 386 g/mol. The lowest BCUT2D eigenvalue weighted by molar-refractivity contribution is 0.670. The van der Waals surface area contributed by atoms with Crippen molar-refractivity contribution in [2.75, 3.05) is 0 Å². The summed E-state index contributed by atoms with van der Waals surface area (Å²) in [5.74, 6) is 0.584. The Bertz CT molecular complexity index is 1500. The van der Waals surface area contributed by atoms with Gasteiger partial charge in [0.2, 0.25) is 5.82 Å². The molecule has 0 bridgehead atoms. The molecule has 0 atom stereocenters. The van der Waals surface area contributed by atoms with Crippen molar-refractivity contribution in [2.45, 2.75) is 6.54 Å². The summed E-state index contributed by atoms with van der Waals surface area (Å²) < 4.78 is 1.95. The number of aromatic amines is 1. The third-order valence-corrected chi connectivity index (χ3v) is 5.49. The Morgan fingerprint density at radius 3 is 2.26 bits per heavy atom. The van der Waals surface area contributed by atoms with E-state index in [1.54, 1.807) is 0 Å². The molecular formula is C24H17N7. The summed E-state index contributed by atoms with van der Waals surface area (Å²) >= 11 is 0. The Labute approximate surface area is 177 Å². The summed E-state index contributed by atoms with van der Waals surface area (Å²) in [6, 6.07) is 29.1. The van der Waals surface area contributed by atoms with E-state index >= 15 is 0 Å². The Balaban J connectivity index is 1.33. The molecule has 6 aromatic rings. The zero-order valence-corrected chi connectivity index (χ0v) is 16.5. The lowest BCUT2D eigenvalue weighted by atomic mass is 9.98. The van der Waals surface area contributed by atoms with Crippen LogP contribution in [0.4, 0.5) is 0 Å². The van der Waals surface area contributed by atoms with Gasteiger partial charge in [-0.2, -0.15) is 5.21 Å². The lowest BCUT2D eigenvalue weighted by Crippen LogP contribution is -2.01. The van der Waals surface area contributed by atoms with Gasteiger partial charge in [0.25, 0.3) is 0 Å². The fourth-order valence-corrected chi connectivity index (χ4v) is 3.94. The van der Waals surface area contributed by atoms with Crippen LogP contribution < -0.4 is 0 Å². The number of hydrogen-bond acceptors (Lipinski definition) is 5. The first kappa shape index (κ1) is 17.5. The number of fused-ring (bicyclic) bond motifs is 2. The summed E-state index contributed by atoms with van der Waals surface area (Å²) in [4.78, 5) is 0. The van der Waals surface area contributed by atoms with Crippen molar-refractivity contribution >= 4 is 21.8 Å². The maximum Gasteiger partial charge on any atom is 0.205 e. The first-order valence-corrected chi connectivity index (χ1v) is 9.99. The monoisotopic (exact) mass is 403 g/mol. The second-order valence-electron chi connectivity index (χ2n) is 7.41. The van der Waals surface area contributed by atoms with Gasteiger partial charge in [-0.3, -0.25) is 0 Å². The van der Waals surface area contributed by atoms with Gasteiger partial charge in [-0.05, 0) is 44.8 Å². The molecule has 0 unspecified atom stereocenters. The van der Waals surface area contributed by atoms with Crippen LogP contribution in [-0.2, 0) is 6.54 Å². The first-order chi connectivity index (χ1) is 15.3. The second-order valence-corrected chi connectivity index (χ2v) is 7.41. The van der Waals surface area contributed by atoms with Gasteiger partial charge in [-0.15, -0.1) is 15.3 Å². The second kappa shape index (κ2) is 7.14. The van der Waals surface area contributed by atoms with E-state index in [-0.39, 0.29) is 0 Å². The number of H-pyrrole nitrogens is 1. The van der Waals surface area contributed by atoms with Crippen molar-refractivity contribution in [1.29, 1.82) is 0 Å². The number of aromatic nitrogens is 7. The molecule has 0 spiro atoms. The minimum Gasteiger partial charge on any atom is -0.240 e. The van der Waals surface area contributed by atoms with E-state index in [4.69, 9.17) is 0 Å².